The molecule has 2 heterocycles. The van der Waals surface area contributed by atoms with Crippen molar-refractivity contribution in [2.24, 2.45) is 5.92 Å². The number of rotatable bonds is 7. The molecule has 0 aromatic heterocycles. The number of benzene rings is 1. The Hall–Kier alpha value is -2.66. The van der Waals surface area contributed by atoms with Gasteiger partial charge in [0, 0.05) is 37.2 Å². The summed E-state index contributed by atoms with van der Waals surface area (Å²) in [5, 5.41) is 6.11. The molecule has 8 nitrogen and oxygen atoms in total. The summed E-state index contributed by atoms with van der Waals surface area (Å²) in [5.74, 6) is -0.617. The number of amides is 1. The number of piperidine rings is 1. The molecule has 0 bridgehead atoms. The van der Waals surface area contributed by atoms with E-state index >= 15 is 0 Å². The highest BCUT2D eigenvalue weighted by atomic mass is 32.3. The van der Waals surface area contributed by atoms with Crippen LogP contribution in [0.3, 0.4) is 0 Å². The van der Waals surface area contributed by atoms with E-state index in [0.29, 0.717) is 43.2 Å². The van der Waals surface area contributed by atoms with Gasteiger partial charge in [0.1, 0.15) is 33.9 Å². The highest BCUT2D eigenvalue weighted by Crippen LogP contribution is 2.44. The molecule has 3 aliphatic rings. The van der Waals surface area contributed by atoms with Gasteiger partial charge in [0.2, 0.25) is 5.91 Å². The zero-order valence-corrected chi connectivity index (χ0v) is 20.2. The average Bonchev–Trinajstić information content (AvgIpc) is 3.05. The molecule has 0 saturated carbocycles. The summed E-state index contributed by atoms with van der Waals surface area (Å²) in [5.41, 5.74) is 0.368. The molecule has 2 saturated heterocycles. The molecule has 1 aliphatic carbocycles. The van der Waals surface area contributed by atoms with E-state index in [1.165, 1.54) is 25.3 Å². The van der Waals surface area contributed by atoms with Crippen LogP contribution < -0.4 is 20.1 Å². The first-order chi connectivity index (χ1) is 16.1. The topological polar surface area (TPSA) is 97.0 Å². The summed E-state index contributed by atoms with van der Waals surface area (Å²) in [6.07, 6.45) is 2.74. The van der Waals surface area contributed by atoms with Crippen LogP contribution in [0.25, 0.3) is 0 Å². The summed E-state index contributed by atoms with van der Waals surface area (Å²) in [6, 6.07) is 3.81. The Balaban J connectivity index is 1.55. The van der Waals surface area contributed by atoms with Crippen LogP contribution in [0.5, 0.6) is 11.5 Å². The fraction of sp³-hybridized carbons (Fsp3) is 0.522. The SMILES string of the molecule is CCNC1=C2NC(=O)[C@@](C)(N3CCC[C@@H](Oc4ccc(S(=O)(=O)F)c(OC)c4)C3)C2CC(F)=C1. The average molecular weight is 498 g/mol. The van der Waals surface area contributed by atoms with Crippen molar-refractivity contribution >= 4 is 16.1 Å². The molecule has 1 aromatic rings. The first-order valence-electron chi connectivity index (χ1n) is 11.3. The molecule has 1 aromatic carbocycles. The third-order valence-electron chi connectivity index (χ3n) is 6.83. The molecule has 186 valence electrons. The first kappa shape index (κ1) is 24.5. The molecule has 0 spiro atoms. The van der Waals surface area contributed by atoms with Crippen LogP contribution in [0.2, 0.25) is 0 Å². The minimum Gasteiger partial charge on any atom is -0.495 e. The van der Waals surface area contributed by atoms with E-state index in [4.69, 9.17) is 9.47 Å². The maximum atomic E-state index is 14.5. The highest BCUT2D eigenvalue weighted by Gasteiger charge is 2.55. The zero-order valence-electron chi connectivity index (χ0n) is 19.4. The minimum atomic E-state index is -4.93. The number of likely N-dealkylation sites (N-methyl/N-ethyl adjacent to an activating group) is 1. The lowest BCUT2D eigenvalue weighted by atomic mass is 9.79. The summed E-state index contributed by atoms with van der Waals surface area (Å²) in [4.78, 5) is 14.7. The van der Waals surface area contributed by atoms with Gasteiger partial charge >= 0.3 is 10.2 Å². The standard InChI is InChI=1S/C23H29F2N3O5S/c1-4-26-18-11-14(24)10-17-21(18)27-22(29)23(17,2)28-9-5-6-16(13-28)33-15-7-8-20(34(25,30)31)19(12-15)32-3/h7-8,11-12,16-17,26H,4-6,9-10,13H2,1-3H3,(H,27,29)/t16-,17?,23+/m1/s1. The molecule has 1 unspecified atom stereocenters. The van der Waals surface area contributed by atoms with Crippen molar-refractivity contribution in [2.75, 3.05) is 26.7 Å². The molecule has 2 aliphatic heterocycles. The second-order valence-corrected chi connectivity index (χ2v) is 10.2. The van der Waals surface area contributed by atoms with Crippen LogP contribution >= 0.6 is 0 Å². The van der Waals surface area contributed by atoms with Gasteiger partial charge < -0.3 is 20.1 Å². The Morgan fingerprint density at radius 2 is 2.12 bits per heavy atom. The van der Waals surface area contributed by atoms with Gasteiger partial charge in [0.25, 0.3) is 0 Å². The normalized spacial score (nSPS) is 27.7. The van der Waals surface area contributed by atoms with E-state index in [2.05, 4.69) is 10.6 Å². The highest BCUT2D eigenvalue weighted by molar-refractivity contribution is 7.86. The summed E-state index contributed by atoms with van der Waals surface area (Å²) >= 11 is 0. The number of nitrogens with one attached hydrogen (secondary N) is 2. The monoisotopic (exact) mass is 497 g/mol. The van der Waals surface area contributed by atoms with Gasteiger partial charge in [0.05, 0.1) is 12.8 Å². The molecular weight excluding hydrogens is 468 g/mol. The van der Waals surface area contributed by atoms with Crippen LogP contribution in [0, 0.1) is 5.92 Å². The second kappa shape index (κ2) is 9.18. The first-order valence-corrected chi connectivity index (χ1v) is 12.7. The van der Waals surface area contributed by atoms with Crippen molar-refractivity contribution in [2.45, 2.75) is 49.6 Å². The Labute approximate surface area is 198 Å². The maximum absolute atomic E-state index is 14.5. The molecule has 11 heteroatoms. The Kier molecular flexibility index (Phi) is 6.61. The Bertz CT molecular complexity index is 1150. The van der Waals surface area contributed by atoms with Gasteiger partial charge in [-0.25, -0.2) is 4.39 Å². The van der Waals surface area contributed by atoms with Crippen molar-refractivity contribution in [1.29, 1.82) is 0 Å². The van der Waals surface area contributed by atoms with E-state index in [-0.39, 0.29) is 35.9 Å². The number of carbonyl (C=O) groups is 1. The fourth-order valence-electron chi connectivity index (χ4n) is 5.09. The number of halogens is 2. The maximum Gasteiger partial charge on any atom is 0.335 e. The van der Waals surface area contributed by atoms with Crippen molar-refractivity contribution in [3.63, 3.8) is 0 Å². The van der Waals surface area contributed by atoms with Crippen molar-refractivity contribution in [3.8, 4) is 11.5 Å². The van der Waals surface area contributed by atoms with Crippen molar-refractivity contribution < 1.29 is 31.0 Å². The number of allylic oxidation sites excluding steroid dienone is 2. The molecule has 34 heavy (non-hydrogen) atoms. The van der Waals surface area contributed by atoms with Crippen molar-refractivity contribution in [1.82, 2.24) is 15.5 Å². The summed E-state index contributed by atoms with van der Waals surface area (Å²) in [7, 11) is -3.68. The van der Waals surface area contributed by atoms with E-state index in [9.17, 15) is 21.5 Å². The second-order valence-electron chi connectivity index (χ2n) is 8.89. The number of fused-ring (bicyclic) bond motifs is 1. The molecule has 2 N–H and O–H groups in total. The minimum absolute atomic E-state index is 0.137. The summed E-state index contributed by atoms with van der Waals surface area (Å²) in [6.45, 7) is 5.43. The van der Waals surface area contributed by atoms with Gasteiger partial charge in [-0.05, 0) is 51.4 Å². The number of hydrogen-bond donors (Lipinski definition) is 2. The molecule has 4 rings (SSSR count). The predicted molar refractivity (Wildman–Crippen MR) is 121 cm³/mol. The number of hydrogen-bond acceptors (Lipinski definition) is 7. The quantitative estimate of drug-likeness (QED) is 0.559. The zero-order chi connectivity index (χ0) is 24.7. The van der Waals surface area contributed by atoms with Gasteiger partial charge in [-0.2, -0.15) is 8.42 Å². The third kappa shape index (κ3) is 4.38. The molecular formula is C23H29F2N3O5S. The lowest BCUT2D eigenvalue weighted by molar-refractivity contribution is -0.132. The summed E-state index contributed by atoms with van der Waals surface area (Å²) < 4.78 is 61.7. The number of methoxy groups -OCH3 is 1. The number of nitrogens with zero attached hydrogens (tertiary/aromatic N) is 1. The molecule has 1 amide bonds. The molecule has 3 atom stereocenters. The van der Waals surface area contributed by atoms with E-state index in [1.807, 2.05) is 18.7 Å². The van der Waals surface area contributed by atoms with Gasteiger partial charge in [0.15, 0.2) is 0 Å². The van der Waals surface area contributed by atoms with Gasteiger partial charge in [-0.1, -0.05) is 0 Å². The fourth-order valence-corrected chi connectivity index (χ4v) is 5.70. The predicted octanol–water partition coefficient (Wildman–Crippen LogP) is 2.78. The lowest BCUT2D eigenvalue weighted by Crippen LogP contribution is -2.59. The van der Waals surface area contributed by atoms with E-state index in [0.717, 1.165) is 12.5 Å². The third-order valence-corrected chi connectivity index (χ3v) is 7.69. The van der Waals surface area contributed by atoms with Crippen molar-refractivity contribution in [3.05, 3.63) is 41.5 Å². The lowest BCUT2D eigenvalue weighted by Gasteiger charge is -2.44. The van der Waals surface area contributed by atoms with Gasteiger partial charge in [-0.3, -0.25) is 9.69 Å². The van der Waals surface area contributed by atoms with Crippen LogP contribution in [-0.4, -0.2) is 57.6 Å². The number of likely N-dealkylation sites (tertiary alicyclic amines) is 1. The molecule has 2 fully saturated rings. The molecule has 0 radical (unpaired) electrons. The number of carbonyl (C=O) groups excluding carboxylic acids is 1. The van der Waals surface area contributed by atoms with Crippen LogP contribution in [-0.2, 0) is 15.0 Å². The van der Waals surface area contributed by atoms with Crippen LogP contribution in [0.4, 0.5) is 8.28 Å². The van der Waals surface area contributed by atoms with Crippen LogP contribution in [0.15, 0.2) is 46.4 Å². The Morgan fingerprint density at radius 1 is 1.35 bits per heavy atom. The van der Waals surface area contributed by atoms with E-state index in [1.54, 1.807) is 0 Å². The largest absolute Gasteiger partial charge is 0.495 e. The van der Waals surface area contributed by atoms with Crippen LogP contribution in [0.1, 0.15) is 33.1 Å². The Morgan fingerprint density at radius 3 is 2.79 bits per heavy atom. The van der Waals surface area contributed by atoms with E-state index < -0.39 is 20.7 Å². The number of ether oxygens (including phenoxy) is 2. The van der Waals surface area contributed by atoms with Gasteiger partial charge in [-0.15, -0.1) is 3.89 Å². The smallest absolute Gasteiger partial charge is 0.335 e.